The Morgan fingerprint density at radius 1 is 1.07 bits per heavy atom. The van der Waals surface area contributed by atoms with Crippen LogP contribution in [-0.4, -0.2) is 60.3 Å². The Morgan fingerprint density at radius 3 is 1.82 bits per heavy atom. The molecule has 0 spiro atoms. The summed E-state index contributed by atoms with van der Waals surface area (Å²) in [4.78, 5) is 37.0. The van der Waals surface area contributed by atoms with Gasteiger partial charge >= 0.3 is 5.97 Å². The highest BCUT2D eigenvalue weighted by Gasteiger charge is 2.11. The Labute approximate surface area is 166 Å². The summed E-state index contributed by atoms with van der Waals surface area (Å²) >= 11 is 0. The zero-order chi connectivity index (χ0) is 20.8. The smallest absolute Gasteiger partial charge is 0.335 e. The van der Waals surface area contributed by atoms with Gasteiger partial charge in [0.05, 0.1) is 19.8 Å². The molecule has 0 unspecified atom stereocenters. The topological polar surface area (TPSA) is 114 Å². The van der Waals surface area contributed by atoms with Crippen molar-refractivity contribution in [2.45, 2.75) is 0 Å². The lowest BCUT2D eigenvalue weighted by atomic mass is 10.2. The molecule has 2 rings (SSSR count). The number of hydrogen-bond donors (Lipinski definition) is 2. The van der Waals surface area contributed by atoms with Crippen LogP contribution in [0.25, 0.3) is 0 Å². The number of carbonyl (C=O) groups is 2. The van der Waals surface area contributed by atoms with Gasteiger partial charge in [0.2, 0.25) is 11.9 Å². The molecule has 0 aliphatic rings. The van der Waals surface area contributed by atoms with Crippen molar-refractivity contribution in [3.8, 4) is 0 Å². The van der Waals surface area contributed by atoms with E-state index < -0.39 is 23.8 Å². The lowest BCUT2D eigenvalue weighted by Crippen LogP contribution is -2.25. The van der Waals surface area contributed by atoms with E-state index in [4.69, 9.17) is 5.11 Å². The zero-order valence-electron chi connectivity index (χ0n) is 15.6. The van der Waals surface area contributed by atoms with Crippen molar-refractivity contribution in [2.75, 3.05) is 28.3 Å². The molecule has 1 amide bonds. The minimum absolute atomic E-state index is 0. The monoisotopic (exact) mass is 422 g/mol. The average Bonchev–Trinajstić information content (AvgIpc) is 2.67. The number of carboxylic acid groups (broad SMARTS) is 1. The average molecular weight is 423 g/mol. The lowest BCUT2D eigenvalue weighted by molar-refractivity contribution is -0.0757. The Bertz CT molecular complexity index is 738. The molecule has 0 aliphatic carbocycles. The second-order valence-electron chi connectivity index (χ2n) is 4.43. The third-order valence-electron chi connectivity index (χ3n) is 2.71. The Kier molecular flexibility index (Phi) is 15.1. The molecular formula is C16H21ClF2N4O5. The molecule has 0 saturated carbocycles. The van der Waals surface area contributed by atoms with Crippen LogP contribution in [0.5, 0.6) is 0 Å². The molecule has 0 radical (unpaired) electrons. The van der Waals surface area contributed by atoms with Crippen molar-refractivity contribution in [1.82, 2.24) is 20.5 Å². The molecule has 0 bridgehead atoms. The second-order valence-corrected chi connectivity index (χ2v) is 4.43. The molecule has 0 saturated heterocycles. The second kappa shape index (κ2) is 15.3. The lowest BCUT2D eigenvalue weighted by Gasteiger charge is -2.12. The standard InChI is InChI=1S/C8H9FN2O2.C6H4FNO2.C2H7NO.ClH/c1-11(13-2)8(12)6-3-4-10-7(9)5-6;7-5-3-4(6(9)10)1-2-8-5;1-3-4-2;/h3-5H,1-2H3;1-3H,(H,9,10);3H,1-2H3;1H. The number of hydroxylamine groups is 3. The minimum atomic E-state index is -1.15. The summed E-state index contributed by atoms with van der Waals surface area (Å²) in [7, 11) is 6.08. The highest BCUT2D eigenvalue weighted by atomic mass is 35.5. The first-order chi connectivity index (χ1) is 12.8. The molecule has 2 aromatic heterocycles. The normalized spacial score (nSPS) is 8.93. The molecule has 0 aromatic carbocycles. The fourth-order valence-electron chi connectivity index (χ4n) is 1.34. The van der Waals surface area contributed by atoms with Gasteiger partial charge < -0.3 is 9.94 Å². The molecule has 0 atom stereocenters. The van der Waals surface area contributed by atoms with Gasteiger partial charge in [0.25, 0.3) is 5.91 Å². The summed E-state index contributed by atoms with van der Waals surface area (Å²) in [5, 5.41) is 9.32. The van der Waals surface area contributed by atoms with E-state index in [0.717, 1.165) is 23.4 Å². The molecule has 0 aliphatic heterocycles. The number of carbonyl (C=O) groups excluding carboxylic acids is 1. The maximum absolute atomic E-state index is 12.6. The van der Waals surface area contributed by atoms with Crippen molar-refractivity contribution >= 4 is 24.3 Å². The molecule has 2 N–H and O–H groups in total. The van der Waals surface area contributed by atoms with Gasteiger partial charge in [-0.05, 0) is 12.1 Å². The summed E-state index contributed by atoms with van der Waals surface area (Å²) < 4.78 is 24.7. The number of aromatic nitrogens is 2. The third-order valence-corrected chi connectivity index (χ3v) is 2.71. The van der Waals surface area contributed by atoms with E-state index in [1.54, 1.807) is 14.2 Å². The van der Waals surface area contributed by atoms with Crippen molar-refractivity contribution in [3.05, 3.63) is 59.7 Å². The van der Waals surface area contributed by atoms with E-state index in [-0.39, 0.29) is 23.5 Å². The molecule has 12 heteroatoms. The van der Waals surface area contributed by atoms with Crippen molar-refractivity contribution in [1.29, 1.82) is 0 Å². The number of halogens is 3. The molecule has 156 valence electrons. The predicted octanol–water partition coefficient (Wildman–Crippen LogP) is 1.96. The van der Waals surface area contributed by atoms with Gasteiger partial charge in [-0.2, -0.15) is 8.78 Å². The number of carboxylic acids is 1. The van der Waals surface area contributed by atoms with Crippen LogP contribution in [-0.2, 0) is 9.68 Å². The summed E-state index contributed by atoms with van der Waals surface area (Å²) in [6.45, 7) is 0. The van der Waals surface area contributed by atoms with E-state index >= 15 is 0 Å². The van der Waals surface area contributed by atoms with Gasteiger partial charge in [-0.3, -0.25) is 9.63 Å². The van der Waals surface area contributed by atoms with Gasteiger partial charge in [-0.25, -0.2) is 25.3 Å². The van der Waals surface area contributed by atoms with E-state index in [2.05, 4.69) is 25.1 Å². The van der Waals surface area contributed by atoms with E-state index in [9.17, 15) is 18.4 Å². The van der Waals surface area contributed by atoms with Gasteiger partial charge in [0.15, 0.2) is 0 Å². The number of amides is 1. The third kappa shape index (κ3) is 11.1. The SMILES string of the molecule is CNOC.CON(C)C(=O)c1ccnc(F)c1.Cl.O=C(O)c1ccnc(F)c1. The van der Waals surface area contributed by atoms with Crippen LogP contribution in [0.15, 0.2) is 36.7 Å². The van der Waals surface area contributed by atoms with Crippen LogP contribution in [0.2, 0.25) is 0 Å². The quantitative estimate of drug-likeness (QED) is 0.567. The number of hydrogen-bond acceptors (Lipinski definition) is 7. The van der Waals surface area contributed by atoms with Gasteiger partial charge in [0.1, 0.15) is 0 Å². The van der Waals surface area contributed by atoms with Gasteiger partial charge in [0, 0.05) is 44.2 Å². The van der Waals surface area contributed by atoms with Gasteiger partial charge in [-0.1, -0.05) is 0 Å². The van der Waals surface area contributed by atoms with Crippen LogP contribution in [0, 0.1) is 11.9 Å². The molecule has 2 aromatic rings. The van der Waals surface area contributed by atoms with E-state index in [1.165, 1.54) is 32.5 Å². The summed E-state index contributed by atoms with van der Waals surface area (Å²) in [6.07, 6.45) is 2.34. The van der Waals surface area contributed by atoms with Crippen LogP contribution in [0.4, 0.5) is 8.78 Å². The number of nitrogens with zero attached hydrogens (tertiary/aromatic N) is 3. The van der Waals surface area contributed by atoms with Crippen LogP contribution in [0.3, 0.4) is 0 Å². The first-order valence-electron chi connectivity index (χ1n) is 7.25. The summed E-state index contributed by atoms with van der Waals surface area (Å²) in [6, 6.07) is 4.56. The van der Waals surface area contributed by atoms with Crippen LogP contribution < -0.4 is 5.48 Å². The van der Waals surface area contributed by atoms with Crippen LogP contribution >= 0.6 is 12.4 Å². The zero-order valence-corrected chi connectivity index (χ0v) is 16.4. The summed E-state index contributed by atoms with van der Waals surface area (Å²) in [5.74, 6) is -3.03. The van der Waals surface area contributed by atoms with Crippen molar-refractivity contribution in [2.24, 2.45) is 0 Å². The van der Waals surface area contributed by atoms with E-state index in [0.29, 0.717) is 0 Å². The molecule has 2 heterocycles. The first-order valence-corrected chi connectivity index (χ1v) is 7.25. The maximum Gasteiger partial charge on any atom is 0.335 e. The summed E-state index contributed by atoms with van der Waals surface area (Å²) in [5.41, 5.74) is 2.55. The minimum Gasteiger partial charge on any atom is -0.478 e. The largest absolute Gasteiger partial charge is 0.478 e. The molecule has 9 nitrogen and oxygen atoms in total. The molecular weight excluding hydrogens is 402 g/mol. The fraction of sp³-hybridized carbons (Fsp3) is 0.250. The van der Waals surface area contributed by atoms with Crippen molar-refractivity contribution in [3.63, 3.8) is 0 Å². The Balaban J connectivity index is 0. The molecule has 28 heavy (non-hydrogen) atoms. The Hall–Kier alpha value is -2.73. The first kappa shape index (κ1) is 27.5. The number of pyridine rings is 2. The number of rotatable bonds is 4. The van der Waals surface area contributed by atoms with Crippen molar-refractivity contribution < 1.29 is 33.2 Å². The highest BCUT2D eigenvalue weighted by molar-refractivity contribution is 5.93. The Morgan fingerprint density at radius 2 is 1.50 bits per heavy atom. The predicted molar refractivity (Wildman–Crippen MR) is 97.8 cm³/mol. The van der Waals surface area contributed by atoms with E-state index in [1.807, 2.05) is 0 Å². The van der Waals surface area contributed by atoms with Gasteiger partial charge in [-0.15, -0.1) is 12.4 Å². The van der Waals surface area contributed by atoms with Crippen LogP contribution in [0.1, 0.15) is 20.7 Å². The maximum atomic E-state index is 12.6. The highest BCUT2D eigenvalue weighted by Crippen LogP contribution is 2.03. The fourth-order valence-corrected chi connectivity index (χ4v) is 1.34. The number of nitrogens with one attached hydrogen (secondary N) is 1. The molecule has 0 fully saturated rings. The number of aromatic carboxylic acids is 1.